The predicted octanol–water partition coefficient (Wildman–Crippen LogP) is 8.64. The molecule has 8 rings (SSSR count). The molecular weight excluding hydrogens is 675 g/mol. The Morgan fingerprint density at radius 3 is 1.81 bits per heavy atom. The summed E-state index contributed by atoms with van der Waals surface area (Å²) in [6.45, 7) is 4.21. The molecule has 0 bridgehead atoms. The smallest absolute Gasteiger partial charge is 0.270 e. The summed E-state index contributed by atoms with van der Waals surface area (Å²) >= 11 is 0. The van der Waals surface area contributed by atoms with Crippen molar-refractivity contribution in [2.75, 3.05) is 0 Å². The molecule has 8 aromatic rings. The molecule has 0 fully saturated rings. The average Bonchev–Trinajstić information content (AvgIpc) is 3.70. The number of tetrazole rings is 1. The van der Waals surface area contributed by atoms with Gasteiger partial charge in [-0.25, -0.2) is 9.67 Å². The molecule has 2 aromatic heterocycles. The summed E-state index contributed by atoms with van der Waals surface area (Å²) in [5, 5.41) is 25.4. The van der Waals surface area contributed by atoms with E-state index in [9.17, 15) is 14.9 Å². The first-order valence-electron chi connectivity index (χ1n) is 17.7. The van der Waals surface area contributed by atoms with Crippen LogP contribution in [0.25, 0.3) is 33.4 Å². The predicted molar refractivity (Wildman–Crippen MR) is 209 cm³/mol. The summed E-state index contributed by atoms with van der Waals surface area (Å²) in [5.74, 6) is 1.15. The van der Waals surface area contributed by atoms with Crippen LogP contribution in [-0.4, -0.2) is 34.7 Å². The first-order valence-corrected chi connectivity index (χ1v) is 17.7. The van der Waals surface area contributed by atoms with Gasteiger partial charge in [0.2, 0.25) is 0 Å². The molecule has 0 aliphatic carbocycles. The van der Waals surface area contributed by atoms with Crippen molar-refractivity contribution in [2.24, 2.45) is 0 Å². The highest BCUT2D eigenvalue weighted by molar-refractivity contribution is 5.82. The molecule has 0 N–H and O–H groups in total. The summed E-state index contributed by atoms with van der Waals surface area (Å²) < 4.78 is 3.54. The highest BCUT2D eigenvalue weighted by Gasteiger charge is 2.42. The highest BCUT2D eigenvalue weighted by atomic mass is 16.6. The van der Waals surface area contributed by atoms with Gasteiger partial charge in [0.1, 0.15) is 11.4 Å². The number of nitrogens with zero attached hydrogens (tertiary/aromatic N) is 7. The molecule has 264 valence electrons. The van der Waals surface area contributed by atoms with E-state index in [1.165, 1.54) is 18.2 Å². The molecule has 0 amide bonds. The van der Waals surface area contributed by atoms with Crippen LogP contribution in [-0.2, 0) is 12.1 Å². The van der Waals surface area contributed by atoms with Gasteiger partial charge in [0.05, 0.1) is 22.4 Å². The fourth-order valence-corrected chi connectivity index (χ4v) is 7.32. The second-order valence-corrected chi connectivity index (χ2v) is 13.4. The maximum Gasteiger partial charge on any atom is 0.270 e. The molecule has 0 spiro atoms. The average molecular weight is 710 g/mol. The lowest BCUT2D eigenvalue weighted by Gasteiger charge is -2.36. The van der Waals surface area contributed by atoms with Crippen molar-refractivity contribution in [3.8, 4) is 22.5 Å². The van der Waals surface area contributed by atoms with E-state index in [4.69, 9.17) is 10.2 Å². The van der Waals surface area contributed by atoms with Gasteiger partial charge in [-0.15, -0.1) is 5.10 Å². The number of benzene rings is 6. The van der Waals surface area contributed by atoms with Gasteiger partial charge in [-0.05, 0) is 49.9 Å². The van der Waals surface area contributed by atoms with E-state index in [0.29, 0.717) is 17.2 Å². The molecule has 10 nitrogen and oxygen atoms in total. The lowest BCUT2D eigenvalue weighted by molar-refractivity contribution is -0.384. The van der Waals surface area contributed by atoms with E-state index in [1.807, 2.05) is 116 Å². The van der Waals surface area contributed by atoms with Crippen LogP contribution in [0.15, 0.2) is 163 Å². The van der Waals surface area contributed by atoms with Gasteiger partial charge in [-0.1, -0.05) is 153 Å². The third kappa shape index (κ3) is 5.93. The Hall–Kier alpha value is -7.07. The van der Waals surface area contributed by atoms with E-state index in [-0.39, 0.29) is 29.1 Å². The first kappa shape index (κ1) is 34.0. The van der Waals surface area contributed by atoms with Crippen LogP contribution in [0, 0.1) is 10.1 Å². The number of hydrogen-bond donors (Lipinski definition) is 0. The van der Waals surface area contributed by atoms with E-state index in [0.717, 1.165) is 38.9 Å². The second kappa shape index (κ2) is 14.2. The quantitative estimate of drug-likeness (QED) is 0.0792. The van der Waals surface area contributed by atoms with E-state index in [2.05, 4.69) is 52.8 Å². The zero-order valence-corrected chi connectivity index (χ0v) is 29.7. The van der Waals surface area contributed by atoms with Crippen molar-refractivity contribution in [3.63, 3.8) is 0 Å². The van der Waals surface area contributed by atoms with Crippen LogP contribution in [0.5, 0.6) is 0 Å². The van der Waals surface area contributed by atoms with Gasteiger partial charge >= 0.3 is 0 Å². The van der Waals surface area contributed by atoms with Crippen molar-refractivity contribution in [1.82, 2.24) is 29.8 Å². The summed E-state index contributed by atoms with van der Waals surface area (Å²) in [4.78, 5) is 29.5. The summed E-state index contributed by atoms with van der Waals surface area (Å²) in [6.07, 6.45) is 0. The topological polar surface area (TPSA) is 122 Å². The van der Waals surface area contributed by atoms with Crippen LogP contribution in [0.1, 0.15) is 47.8 Å². The third-order valence-corrected chi connectivity index (χ3v) is 9.83. The molecule has 0 radical (unpaired) electrons. The number of aromatic nitrogens is 6. The minimum Gasteiger partial charge on any atom is -0.291 e. The first-order chi connectivity index (χ1) is 26.4. The molecule has 0 aliphatic rings. The molecule has 0 unspecified atom stereocenters. The molecular formula is C44H35N7O3. The molecule has 54 heavy (non-hydrogen) atoms. The minimum absolute atomic E-state index is 0.0517. The van der Waals surface area contributed by atoms with Crippen molar-refractivity contribution in [3.05, 3.63) is 206 Å². The Labute approximate surface area is 311 Å². The molecule has 0 aliphatic heterocycles. The third-order valence-electron chi connectivity index (χ3n) is 9.83. The molecule has 0 atom stereocenters. The van der Waals surface area contributed by atoms with Crippen molar-refractivity contribution in [1.29, 1.82) is 0 Å². The van der Waals surface area contributed by atoms with Gasteiger partial charge < -0.3 is 0 Å². The maximum absolute atomic E-state index is 13.8. The Morgan fingerprint density at radius 2 is 1.26 bits per heavy atom. The second-order valence-electron chi connectivity index (χ2n) is 13.4. The maximum atomic E-state index is 13.8. The van der Waals surface area contributed by atoms with E-state index >= 15 is 0 Å². The summed E-state index contributed by atoms with van der Waals surface area (Å²) in [5.41, 5.74) is 5.70. The van der Waals surface area contributed by atoms with Gasteiger partial charge in [-0.3, -0.25) is 19.5 Å². The van der Waals surface area contributed by atoms with Crippen LogP contribution < -0.4 is 5.56 Å². The SMILES string of the molecule is CC(C)c1nc2ccc([N+](=O)[O-])cc2c(=O)n1Cc1ccc(-c2ccccc2-c2nnnn2C(c2ccccc2)(c2ccccc2)c2ccccc2)cc1. The van der Waals surface area contributed by atoms with Gasteiger partial charge in [0.25, 0.3) is 11.2 Å². The Balaban J connectivity index is 1.23. The number of nitro benzene ring substituents is 1. The Bertz CT molecular complexity index is 2560. The number of hydrogen-bond acceptors (Lipinski definition) is 7. The molecule has 2 heterocycles. The van der Waals surface area contributed by atoms with Crippen LogP contribution in [0.4, 0.5) is 5.69 Å². The van der Waals surface area contributed by atoms with Crippen LogP contribution >= 0.6 is 0 Å². The number of non-ortho nitro benzene ring substituents is 1. The standard InChI is InChI=1S/C44H35N7O3/c1-30(2)41-45-40-27-26-36(51(53)54)28-39(40)43(52)49(41)29-31-22-24-32(25-23-31)37-20-12-13-21-38(37)42-46-47-48-50(42)44(33-14-6-3-7-15-33,34-16-8-4-9-17-34)35-18-10-5-11-19-35/h3-28,30H,29H2,1-2H3. The zero-order chi connectivity index (χ0) is 37.2. The lowest BCUT2D eigenvalue weighted by Crippen LogP contribution is -2.39. The number of nitro groups is 1. The fraction of sp³-hybridized carbons (Fsp3) is 0.114. The largest absolute Gasteiger partial charge is 0.291 e. The van der Waals surface area contributed by atoms with Crippen molar-refractivity contribution < 1.29 is 4.92 Å². The highest BCUT2D eigenvalue weighted by Crippen LogP contribution is 2.43. The van der Waals surface area contributed by atoms with Gasteiger partial charge in [-0.2, -0.15) is 0 Å². The summed E-state index contributed by atoms with van der Waals surface area (Å²) in [6, 6.07) is 51.2. The molecule has 0 saturated heterocycles. The van der Waals surface area contributed by atoms with Gasteiger partial charge in [0, 0.05) is 23.6 Å². The number of rotatable bonds is 10. The Kier molecular flexibility index (Phi) is 8.92. The fourth-order valence-electron chi connectivity index (χ4n) is 7.32. The van der Waals surface area contributed by atoms with Gasteiger partial charge in [0.15, 0.2) is 5.82 Å². The normalized spacial score (nSPS) is 11.6. The summed E-state index contributed by atoms with van der Waals surface area (Å²) in [7, 11) is 0. The zero-order valence-electron chi connectivity index (χ0n) is 29.7. The van der Waals surface area contributed by atoms with Crippen LogP contribution in [0.2, 0.25) is 0 Å². The van der Waals surface area contributed by atoms with Crippen LogP contribution in [0.3, 0.4) is 0 Å². The molecule has 0 saturated carbocycles. The molecule has 6 aromatic carbocycles. The van der Waals surface area contributed by atoms with E-state index in [1.54, 1.807) is 4.57 Å². The van der Waals surface area contributed by atoms with Crippen molar-refractivity contribution >= 4 is 16.6 Å². The minimum atomic E-state index is -0.907. The van der Waals surface area contributed by atoms with E-state index < -0.39 is 10.5 Å². The van der Waals surface area contributed by atoms with Crippen molar-refractivity contribution in [2.45, 2.75) is 31.8 Å². The monoisotopic (exact) mass is 709 g/mol. The number of fused-ring (bicyclic) bond motifs is 1. The Morgan fingerprint density at radius 1 is 0.704 bits per heavy atom. The molecule has 10 heteroatoms. The lowest BCUT2D eigenvalue weighted by atomic mass is 9.77.